The van der Waals surface area contributed by atoms with Gasteiger partial charge >= 0.3 is 0 Å². The first-order chi connectivity index (χ1) is 7.04. The Morgan fingerprint density at radius 3 is 2.13 bits per heavy atom. The molecule has 0 amide bonds. The van der Waals surface area contributed by atoms with Crippen LogP contribution in [0.5, 0.6) is 0 Å². The van der Waals surface area contributed by atoms with Crippen LogP contribution in [0.25, 0.3) is 0 Å². The van der Waals surface area contributed by atoms with E-state index in [0.717, 1.165) is 5.41 Å². The van der Waals surface area contributed by atoms with Gasteiger partial charge in [-0.15, -0.1) is 0 Å². The molecule has 0 aliphatic heterocycles. The predicted molar refractivity (Wildman–Crippen MR) is 69.1 cm³/mol. The van der Waals surface area contributed by atoms with Crippen molar-refractivity contribution in [2.45, 2.75) is 85.5 Å². The molecule has 0 saturated heterocycles. The van der Waals surface area contributed by atoms with Gasteiger partial charge in [-0.3, -0.25) is 0 Å². The second kappa shape index (κ2) is 5.37. The van der Waals surface area contributed by atoms with E-state index >= 15 is 0 Å². The first-order valence-electron chi connectivity index (χ1n) is 7.04. The van der Waals surface area contributed by atoms with E-state index in [2.05, 4.69) is 27.7 Å². The van der Waals surface area contributed by atoms with Gasteiger partial charge < -0.3 is 0 Å². The number of hydrogen-bond acceptors (Lipinski definition) is 0. The van der Waals surface area contributed by atoms with Crippen molar-refractivity contribution in [2.24, 2.45) is 10.8 Å². The van der Waals surface area contributed by atoms with Crippen LogP contribution >= 0.6 is 0 Å². The smallest absolute Gasteiger partial charge is 0.0300 e. The van der Waals surface area contributed by atoms with Crippen LogP contribution < -0.4 is 0 Å². The van der Waals surface area contributed by atoms with E-state index in [-0.39, 0.29) is 0 Å². The maximum atomic E-state index is 2.42. The van der Waals surface area contributed by atoms with Crippen molar-refractivity contribution in [3.05, 3.63) is 0 Å². The van der Waals surface area contributed by atoms with Gasteiger partial charge in [0.2, 0.25) is 0 Å². The van der Waals surface area contributed by atoms with Gasteiger partial charge in [0.25, 0.3) is 0 Å². The van der Waals surface area contributed by atoms with Crippen LogP contribution in [0.4, 0.5) is 0 Å². The Labute approximate surface area is 96.8 Å². The quantitative estimate of drug-likeness (QED) is 0.538. The average molecular weight is 210 g/mol. The van der Waals surface area contributed by atoms with Crippen LogP contribution in [-0.4, -0.2) is 0 Å². The Hall–Kier alpha value is 0. The van der Waals surface area contributed by atoms with Crippen LogP contribution in [0.2, 0.25) is 0 Å². The summed E-state index contributed by atoms with van der Waals surface area (Å²) in [4.78, 5) is 0. The molecule has 0 heteroatoms. The van der Waals surface area contributed by atoms with Crippen LogP contribution in [-0.2, 0) is 0 Å². The van der Waals surface area contributed by atoms with E-state index in [1.165, 1.54) is 57.8 Å². The molecular formula is C15H30. The summed E-state index contributed by atoms with van der Waals surface area (Å²) in [6.07, 6.45) is 13.1. The maximum absolute atomic E-state index is 2.42. The molecule has 15 heavy (non-hydrogen) atoms. The monoisotopic (exact) mass is 210 g/mol. The number of rotatable bonds is 6. The molecule has 0 bridgehead atoms. The van der Waals surface area contributed by atoms with Crippen molar-refractivity contribution in [3.8, 4) is 0 Å². The Bertz CT molecular complexity index is 172. The summed E-state index contributed by atoms with van der Waals surface area (Å²) >= 11 is 0. The Morgan fingerprint density at radius 1 is 1.07 bits per heavy atom. The zero-order valence-corrected chi connectivity index (χ0v) is 11.4. The lowest BCUT2D eigenvalue weighted by molar-refractivity contribution is 0.222. The van der Waals surface area contributed by atoms with Gasteiger partial charge in [0.1, 0.15) is 0 Å². The highest BCUT2D eigenvalue weighted by Gasteiger charge is 2.31. The fourth-order valence-electron chi connectivity index (χ4n) is 3.02. The van der Waals surface area contributed by atoms with E-state index in [4.69, 9.17) is 0 Å². The third-order valence-electron chi connectivity index (χ3n) is 4.93. The van der Waals surface area contributed by atoms with Gasteiger partial charge in [0, 0.05) is 0 Å². The summed E-state index contributed by atoms with van der Waals surface area (Å²) in [5.41, 5.74) is 1.33. The van der Waals surface area contributed by atoms with Crippen molar-refractivity contribution >= 4 is 0 Å². The van der Waals surface area contributed by atoms with Crippen LogP contribution in [0.15, 0.2) is 0 Å². The molecule has 90 valence electrons. The van der Waals surface area contributed by atoms with Crippen LogP contribution in [0.1, 0.15) is 85.5 Å². The van der Waals surface area contributed by atoms with Crippen molar-refractivity contribution in [1.82, 2.24) is 0 Å². The first-order valence-corrected chi connectivity index (χ1v) is 7.04. The molecule has 0 atom stereocenters. The molecule has 0 heterocycles. The standard InChI is InChI=1S/C15H30/c1-5-14(3,4)10-9-13-15(6-2)11-7-8-12-15/h5-13H2,1-4H3. The van der Waals surface area contributed by atoms with E-state index in [1.54, 1.807) is 0 Å². The van der Waals surface area contributed by atoms with Crippen molar-refractivity contribution < 1.29 is 0 Å². The highest BCUT2D eigenvalue weighted by Crippen LogP contribution is 2.45. The summed E-state index contributed by atoms with van der Waals surface area (Å²) in [5, 5.41) is 0. The summed E-state index contributed by atoms with van der Waals surface area (Å²) in [6, 6.07) is 0. The lowest BCUT2D eigenvalue weighted by atomic mass is 9.76. The van der Waals surface area contributed by atoms with Crippen molar-refractivity contribution in [1.29, 1.82) is 0 Å². The van der Waals surface area contributed by atoms with Crippen molar-refractivity contribution in [3.63, 3.8) is 0 Å². The Morgan fingerprint density at radius 2 is 1.67 bits per heavy atom. The average Bonchev–Trinajstić information content (AvgIpc) is 2.67. The largest absolute Gasteiger partial charge is 0.0649 e. The SMILES string of the molecule is CCC(C)(C)CCCC1(CC)CCCC1. The molecule has 0 nitrogen and oxygen atoms in total. The molecule has 0 aromatic rings. The predicted octanol–water partition coefficient (Wildman–Crippen LogP) is 5.56. The lowest BCUT2D eigenvalue weighted by Gasteiger charge is -2.30. The summed E-state index contributed by atoms with van der Waals surface area (Å²) in [6.45, 7) is 9.56. The minimum atomic E-state index is 0.577. The molecule has 0 spiro atoms. The maximum Gasteiger partial charge on any atom is -0.0300 e. The second-order valence-corrected chi connectivity index (χ2v) is 6.43. The van der Waals surface area contributed by atoms with E-state index in [9.17, 15) is 0 Å². The highest BCUT2D eigenvalue weighted by molar-refractivity contribution is 4.84. The molecule has 1 fully saturated rings. The second-order valence-electron chi connectivity index (χ2n) is 6.43. The highest BCUT2D eigenvalue weighted by atomic mass is 14.4. The third kappa shape index (κ3) is 3.81. The molecule has 1 saturated carbocycles. The van der Waals surface area contributed by atoms with Crippen LogP contribution in [0.3, 0.4) is 0 Å². The molecule has 1 rings (SSSR count). The van der Waals surface area contributed by atoms with Gasteiger partial charge in [0.15, 0.2) is 0 Å². The van der Waals surface area contributed by atoms with Crippen LogP contribution in [0, 0.1) is 10.8 Å². The summed E-state index contributed by atoms with van der Waals surface area (Å²) < 4.78 is 0. The fraction of sp³-hybridized carbons (Fsp3) is 1.00. The topological polar surface area (TPSA) is 0 Å². The first kappa shape index (κ1) is 13.1. The lowest BCUT2D eigenvalue weighted by Crippen LogP contribution is -2.17. The zero-order valence-electron chi connectivity index (χ0n) is 11.4. The minimum Gasteiger partial charge on any atom is -0.0649 e. The normalized spacial score (nSPS) is 20.8. The van der Waals surface area contributed by atoms with Gasteiger partial charge in [0.05, 0.1) is 0 Å². The van der Waals surface area contributed by atoms with Gasteiger partial charge in [-0.05, 0) is 36.5 Å². The van der Waals surface area contributed by atoms with Gasteiger partial charge in [-0.1, -0.05) is 59.8 Å². The third-order valence-corrected chi connectivity index (χ3v) is 4.93. The molecule has 0 radical (unpaired) electrons. The molecule has 1 aliphatic rings. The zero-order chi connectivity index (χ0) is 11.4. The van der Waals surface area contributed by atoms with E-state index < -0.39 is 0 Å². The number of hydrogen-bond donors (Lipinski definition) is 0. The van der Waals surface area contributed by atoms with Gasteiger partial charge in [-0.25, -0.2) is 0 Å². The fourth-order valence-corrected chi connectivity index (χ4v) is 3.02. The van der Waals surface area contributed by atoms with E-state index in [1.807, 2.05) is 0 Å². The van der Waals surface area contributed by atoms with E-state index in [0.29, 0.717) is 5.41 Å². The Balaban J connectivity index is 2.29. The van der Waals surface area contributed by atoms with Crippen molar-refractivity contribution in [2.75, 3.05) is 0 Å². The molecule has 0 aromatic heterocycles. The molecule has 0 aromatic carbocycles. The van der Waals surface area contributed by atoms with Gasteiger partial charge in [-0.2, -0.15) is 0 Å². The summed E-state index contributed by atoms with van der Waals surface area (Å²) in [7, 11) is 0. The molecule has 0 N–H and O–H groups in total. The molecular weight excluding hydrogens is 180 g/mol. The molecule has 0 unspecified atom stereocenters. The summed E-state index contributed by atoms with van der Waals surface area (Å²) in [5.74, 6) is 0. The Kier molecular flexibility index (Phi) is 4.67. The molecule has 1 aliphatic carbocycles. The minimum absolute atomic E-state index is 0.577.